The van der Waals surface area contributed by atoms with E-state index >= 15 is 0 Å². The van der Waals surface area contributed by atoms with Crippen LogP contribution in [-0.4, -0.2) is 75.2 Å². The third kappa shape index (κ3) is 2.66. The average molecular weight is 329 g/mol. The van der Waals surface area contributed by atoms with E-state index in [1.807, 2.05) is 35.9 Å². The fraction of sp³-hybridized carbons (Fsp3) is 0.562. The van der Waals surface area contributed by atoms with Gasteiger partial charge in [-0.25, -0.2) is 4.79 Å². The van der Waals surface area contributed by atoms with E-state index in [9.17, 15) is 4.79 Å². The van der Waals surface area contributed by atoms with E-state index in [0.29, 0.717) is 6.04 Å². The Morgan fingerprint density at radius 1 is 1.21 bits per heavy atom. The lowest BCUT2D eigenvalue weighted by Crippen LogP contribution is -2.48. The largest absolute Gasteiger partial charge is 0.326 e. The third-order valence-electron chi connectivity index (χ3n) is 5.03. The molecule has 0 aliphatic carbocycles. The van der Waals surface area contributed by atoms with E-state index in [1.54, 1.807) is 16.0 Å². The van der Waals surface area contributed by atoms with Crippen molar-refractivity contribution in [2.24, 2.45) is 7.05 Å². The monoisotopic (exact) mass is 329 g/mol. The lowest BCUT2D eigenvalue weighted by atomic mass is 10.1. The van der Waals surface area contributed by atoms with Crippen LogP contribution in [0.2, 0.25) is 0 Å². The molecule has 0 atom stereocenters. The Morgan fingerprint density at radius 2 is 2.04 bits per heavy atom. The molecule has 2 amide bonds. The van der Waals surface area contributed by atoms with Gasteiger partial charge in [-0.2, -0.15) is 10.2 Å². The summed E-state index contributed by atoms with van der Waals surface area (Å²) in [5.41, 5.74) is 2.16. The number of aryl methyl sites for hydroxylation is 1. The molecule has 8 heteroatoms. The number of nitrogens with zero attached hydrogens (tertiary/aromatic N) is 7. The highest BCUT2D eigenvalue weighted by Gasteiger charge is 2.31. The van der Waals surface area contributed by atoms with Crippen LogP contribution >= 0.6 is 0 Å². The Hall–Kier alpha value is -2.35. The second kappa shape index (κ2) is 5.94. The number of likely N-dealkylation sites (tertiary alicyclic amines) is 1. The fourth-order valence-electron chi connectivity index (χ4n) is 3.37. The van der Waals surface area contributed by atoms with E-state index in [-0.39, 0.29) is 6.03 Å². The summed E-state index contributed by atoms with van der Waals surface area (Å²) in [7, 11) is 3.81. The Labute approximate surface area is 141 Å². The van der Waals surface area contributed by atoms with E-state index in [4.69, 9.17) is 0 Å². The molecule has 0 unspecified atom stereocenters. The van der Waals surface area contributed by atoms with Crippen LogP contribution < -0.4 is 4.90 Å². The molecular formula is C16H23N7O. The summed E-state index contributed by atoms with van der Waals surface area (Å²) >= 11 is 0. The maximum Gasteiger partial charge on any atom is 0.324 e. The van der Waals surface area contributed by atoms with Crippen LogP contribution in [0, 0.1) is 0 Å². The zero-order valence-corrected chi connectivity index (χ0v) is 14.2. The van der Waals surface area contributed by atoms with Crippen molar-refractivity contribution in [3.05, 3.63) is 30.4 Å². The Morgan fingerprint density at radius 3 is 2.71 bits per heavy atom. The van der Waals surface area contributed by atoms with Gasteiger partial charge >= 0.3 is 6.03 Å². The minimum absolute atomic E-state index is 0.0564. The minimum atomic E-state index is 0.0564. The van der Waals surface area contributed by atoms with Crippen molar-refractivity contribution in [3.63, 3.8) is 0 Å². The molecule has 8 nitrogen and oxygen atoms in total. The highest BCUT2D eigenvalue weighted by Crippen LogP contribution is 2.25. The van der Waals surface area contributed by atoms with Gasteiger partial charge in [0.2, 0.25) is 0 Å². The van der Waals surface area contributed by atoms with Gasteiger partial charge in [-0.05, 0) is 6.07 Å². The maximum absolute atomic E-state index is 12.0. The zero-order valence-electron chi connectivity index (χ0n) is 14.2. The molecular weight excluding hydrogens is 306 g/mol. The van der Waals surface area contributed by atoms with Crippen LogP contribution in [0.15, 0.2) is 24.7 Å². The molecule has 128 valence electrons. The number of amides is 2. The van der Waals surface area contributed by atoms with Crippen molar-refractivity contribution in [1.29, 1.82) is 0 Å². The van der Waals surface area contributed by atoms with E-state index in [1.165, 1.54) is 5.69 Å². The number of anilines is 1. The van der Waals surface area contributed by atoms with Gasteiger partial charge in [0.15, 0.2) is 0 Å². The van der Waals surface area contributed by atoms with Crippen LogP contribution in [0.4, 0.5) is 10.5 Å². The first-order valence-electron chi connectivity index (χ1n) is 8.38. The first-order chi connectivity index (χ1) is 11.6. The molecule has 4 heterocycles. The second-order valence-corrected chi connectivity index (χ2v) is 6.64. The van der Waals surface area contributed by atoms with Gasteiger partial charge in [0.1, 0.15) is 0 Å². The van der Waals surface area contributed by atoms with Crippen LogP contribution in [-0.2, 0) is 13.5 Å². The van der Waals surface area contributed by atoms with E-state index < -0.39 is 0 Å². The first-order valence-corrected chi connectivity index (χ1v) is 8.38. The standard InChI is InChI=1S/C16H23N7O/c1-19-7-8-22(16(19)24)14-9-18-23(12-14)15-10-21(11-15)6-4-13-3-5-17-20(13)2/h3,5,9,12,15H,4,6-8,10-11H2,1-2H3. The summed E-state index contributed by atoms with van der Waals surface area (Å²) in [5.74, 6) is 0. The van der Waals surface area contributed by atoms with Gasteiger partial charge in [0, 0.05) is 71.3 Å². The van der Waals surface area contributed by atoms with E-state index in [2.05, 4.69) is 21.2 Å². The highest BCUT2D eigenvalue weighted by molar-refractivity contribution is 5.93. The second-order valence-electron chi connectivity index (χ2n) is 6.64. The van der Waals surface area contributed by atoms with Gasteiger partial charge in [-0.15, -0.1) is 0 Å². The summed E-state index contributed by atoms with van der Waals surface area (Å²) < 4.78 is 3.93. The van der Waals surface area contributed by atoms with Crippen molar-refractivity contribution >= 4 is 11.7 Å². The van der Waals surface area contributed by atoms with Crippen LogP contribution in [0.5, 0.6) is 0 Å². The van der Waals surface area contributed by atoms with Crippen LogP contribution in [0.3, 0.4) is 0 Å². The number of carbonyl (C=O) groups excluding carboxylic acids is 1. The first kappa shape index (κ1) is 15.2. The Balaban J connectivity index is 1.30. The molecule has 4 rings (SSSR count). The van der Waals surface area contributed by atoms with Gasteiger partial charge in [0.05, 0.1) is 17.9 Å². The SMILES string of the molecule is CN1CCN(c2cnn(C3CN(CCc4ccnn4C)C3)c2)C1=O. The van der Waals surface area contributed by atoms with Crippen molar-refractivity contribution in [1.82, 2.24) is 29.4 Å². The summed E-state index contributed by atoms with van der Waals surface area (Å²) in [6.07, 6.45) is 6.66. The Bertz CT molecular complexity index is 730. The predicted molar refractivity (Wildman–Crippen MR) is 90.0 cm³/mol. The summed E-state index contributed by atoms with van der Waals surface area (Å²) in [4.78, 5) is 18.0. The average Bonchev–Trinajstić information content (AvgIpc) is 3.22. The van der Waals surface area contributed by atoms with Crippen LogP contribution in [0.25, 0.3) is 0 Å². The smallest absolute Gasteiger partial charge is 0.324 e. The van der Waals surface area contributed by atoms with Gasteiger partial charge in [-0.1, -0.05) is 0 Å². The molecule has 2 saturated heterocycles. The van der Waals surface area contributed by atoms with Crippen molar-refractivity contribution in [2.45, 2.75) is 12.5 Å². The molecule has 24 heavy (non-hydrogen) atoms. The van der Waals surface area contributed by atoms with Crippen LogP contribution in [0.1, 0.15) is 11.7 Å². The number of hydrogen-bond donors (Lipinski definition) is 0. The quantitative estimate of drug-likeness (QED) is 0.805. The molecule has 0 aromatic carbocycles. The lowest BCUT2D eigenvalue weighted by Gasteiger charge is -2.39. The predicted octanol–water partition coefficient (Wildman–Crippen LogP) is 0.588. The van der Waals surface area contributed by atoms with Gasteiger partial charge < -0.3 is 4.90 Å². The number of carbonyl (C=O) groups is 1. The zero-order chi connectivity index (χ0) is 16.7. The van der Waals surface area contributed by atoms with Gasteiger partial charge in [-0.3, -0.25) is 19.2 Å². The molecule has 0 spiro atoms. The van der Waals surface area contributed by atoms with Crippen molar-refractivity contribution in [2.75, 3.05) is 44.7 Å². The van der Waals surface area contributed by atoms with Gasteiger partial charge in [0.25, 0.3) is 0 Å². The lowest BCUT2D eigenvalue weighted by molar-refractivity contribution is 0.0995. The summed E-state index contributed by atoms with van der Waals surface area (Å²) in [5, 5.41) is 8.67. The minimum Gasteiger partial charge on any atom is -0.326 e. The Kier molecular flexibility index (Phi) is 3.76. The fourth-order valence-corrected chi connectivity index (χ4v) is 3.37. The summed E-state index contributed by atoms with van der Waals surface area (Å²) in [6, 6.07) is 2.53. The van der Waals surface area contributed by atoms with Crippen molar-refractivity contribution in [3.8, 4) is 0 Å². The van der Waals surface area contributed by atoms with E-state index in [0.717, 1.165) is 44.8 Å². The number of rotatable bonds is 5. The van der Waals surface area contributed by atoms with Crippen molar-refractivity contribution < 1.29 is 4.79 Å². The number of urea groups is 1. The molecule has 0 N–H and O–H groups in total. The molecule has 2 aliphatic heterocycles. The number of aromatic nitrogens is 4. The number of likely N-dealkylation sites (N-methyl/N-ethyl adjacent to an activating group) is 1. The molecule has 2 aromatic rings. The topological polar surface area (TPSA) is 62.4 Å². The molecule has 2 aliphatic rings. The number of hydrogen-bond acceptors (Lipinski definition) is 4. The molecule has 0 saturated carbocycles. The summed E-state index contributed by atoms with van der Waals surface area (Å²) in [6.45, 7) is 4.57. The maximum atomic E-state index is 12.0. The molecule has 2 aromatic heterocycles. The highest BCUT2D eigenvalue weighted by atomic mass is 16.2. The normalized spacial score (nSPS) is 19.3. The molecule has 0 radical (unpaired) electrons. The molecule has 2 fully saturated rings. The molecule has 0 bridgehead atoms. The third-order valence-corrected chi connectivity index (χ3v) is 5.03.